The molecule has 0 saturated carbocycles. The number of carbonyl (C=O) groups is 1. The highest BCUT2D eigenvalue weighted by Gasteiger charge is 2.27. The molecule has 1 saturated heterocycles. The molecule has 0 spiro atoms. The molecule has 0 unspecified atom stereocenters. The van der Waals surface area contributed by atoms with Crippen LogP contribution in [0.3, 0.4) is 0 Å². The van der Waals surface area contributed by atoms with Crippen LogP contribution in [0.1, 0.15) is 19.8 Å². The van der Waals surface area contributed by atoms with E-state index < -0.39 is 0 Å². The van der Waals surface area contributed by atoms with Crippen LogP contribution in [0.2, 0.25) is 10.0 Å². The lowest BCUT2D eigenvalue weighted by Gasteiger charge is -2.33. The predicted octanol–water partition coefficient (Wildman–Crippen LogP) is 3.27. The van der Waals surface area contributed by atoms with Crippen molar-refractivity contribution in [2.45, 2.75) is 19.8 Å². The number of nitrogens with zero attached hydrogens (tertiary/aromatic N) is 3. The average Bonchev–Trinajstić information content (AvgIpc) is 2.64. The molecule has 2 N–H and O–H groups in total. The fourth-order valence-electron chi connectivity index (χ4n) is 2.82. The highest BCUT2D eigenvalue weighted by molar-refractivity contribution is 14.0. The van der Waals surface area contributed by atoms with Gasteiger partial charge in [-0.1, -0.05) is 23.2 Å². The Morgan fingerprint density at radius 3 is 2.67 bits per heavy atom. The maximum absolute atomic E-state index is 11.8. The molecule has 1 aliphatic rings. The molecule has 10 heteroatoms. The topological polar surface area (TPSA) is 78.8 Å². The standard InChI is InChI=1S/C17H25Cl2N5O2.HI/c1-3-26-16(25)12-4-8-24(9-5-12)17(20-2)22-7-6-21-15-14(19)10-13(18)11-23-15;/h10-12H,3-9H2,1-2H3,(H,20,22)(H,21,23);1H. The third kappa shape index (κ3) is 7.50. The van der Waals surface area contributed by atoms with Crippen molar-refractivity contribution < 1.29 is 9.53 Å². The lowest BCUT2D eigenvalue weighted by Crippen LogP contribution is -2.47. The second-order valence-corrected chi connectivity index (χ2v) is 6.74. The summed E-state index contributed by atoms with van der Waals surface area (Å²) < 4.78 is 5.11. The van der Waals surface area contributed by atoms with Crippen LogP contribution in [-0.2, 0) is 9.53 Å². The van der Waals surface area contributed by atoms with Gasteiger partial charge in [0.15, 0.2) is 5.96 Å². The number of nitrogens with one attached hydrogen (secondary N) is 2. The normalized spacial score (nSPS) is 15.1. The number of likely N-dealkylation sites (tertiary alicyclic amines) is 1. The van der Waals surface area contributed by atoms with Crippen molar-refractivity contribution >= 4 is 64.9 Å². The Balaban J connectivity index is 0.00000364. The number of guanidine groups is 1. The van der Waals surface area contributed by atoms with Crippen molar-refractivity contribution in [2.24, 2.45) is 10.9 Å². The Labute approximate surface area is 187 Å². The second kappa shape index (κ2) is 12.5. The summed E-state index contributed by atoms with van der Waals surface area (Å²) >= 11 is 11.9. The van der Waals surface area contributed by atoms with Gasteiger partial charge in [0.1, 0.15) is 5.82 Å². The molecular weight excluding hydrogens is 504 g/mol. The van der Waals surface area contributed by atoms with E-state index in [0.29, 0.717) is 35.6 Å². The summed E-state index contributed by atoms with van der Waals surface area (Å²) in [5.41, 5.74) is 0. The molecule has 152 valence electrons. The number of halogens is 3. The predicted molar refractivity (Wildman–Crippen MR) is 120 cm³/mol. The van der Waals surface area contributed by atoms with Gasteiger partial charge in [-0.15, -0.1) is 24.0 Å². The number of rotatable bonds is 6. The molecular formula is C17H26Cl2IN5O2. The maximum Gasteiger partial charge on any atom is 0.309 e. The van der Waals surface area contributed by atoms with Gasteiger partial charge in [0.05, 0.1) is 22.6 Å². The van der Waals surface area contributed by atoms with Crippen LogP contribution < -0.4 is 10.6 Å². The summed E-state index contributed by atoms with van der Waals surface area (Å²) in [6, 6.07) is 1.65. The van der Waals surface area contributed by atoms with Gasteiger partial charge in [0.25, 0.3) is 0 Å². The van der Waals surface area contributed by atoms with E-state index in [9.17, 15) is 4.79 Å². The first-order valence-electron chi connectivity index (χ1n) is 8.72. The number of aromatic nitrogens is 1. The molecule has 2 rings (SSSR count). The van der Waals surface area contributed by atoms with Crippen LogP contribution in [0.25, 0.3) is 0 Å². The Kier molecular flexibility index (Phi) is 11.1. The Morgan fingerprint density at radius 1 is 1.37 bits per heavy atom. The van der Waals surface area contributed by atoms with Crippen molar-refractivity contribution in [1.82, 2.24) is 15.2 Å². The lowest BCUT2D eigenvalue weighted by molar-refractivity contribution is -0.149. The Hall–Kier alpha value is -1.000. The van der Waals surface area contributed by atoms with E-state index in [1.807, 2.05) is 6.92 Å². The minimum absolute atomic E-state index is 0. The Morgan fingerprint density at radius 2 is 2.07 bits per heavy atom. The minimum Gasteiger partial charge on any atom is -0.466 e. The van der Waals surface area contributed by atoms with Crippen LogP contribution in [0, 0.1) is 5.92 Å². The molecule has 0 amide bonds. The summed E-state index contributed by atoms with van der Waals surface area (Å²) in [4.78, 5) is 22.5. The number of aliphatic imine (C=N–C) groups is 1. The third-order valence-electron chi connectivity index (χ3n) is 4.13. The van der Waals surface area contributed by atoms with E-state index in [2.05, 4.69) is 25.5 Å². The number of pyridine rings is 1. The molecule has 0 aromatic carbocycles. The van der Waals surface area contributed by atoms with E-state index in [1.165, 1.54) is 0 Å². The molecule has 0 radical (unpaired) electrons. The van der Waals surface area contributed by atoms with E-state index in [4.69, 9.17) is 27.9 Å². The van der Waals surface area contributed by atoms with E-state index in [-0.39, 0.29) is 35.9 Å². The maximum atomic E-state index is 11.8. The molecule has 1 fully saturated rings. The number of anilines is 1. The monoisotopic (exact) mass is 529 g/mol. The van der Waals surface area contributed by atoms with Gasteiger partial charge in [0.2, 0.25) is 0 Å². The number of hydrogen-bond donors (Lipinski definition) is 2. The minimum atomic E-state index is -0.0911. The van der Waals surface area contributed by atoms with Crippen LogP contribution >= 0.6 is 47.2 Å². The summed E-state index contributed by atoms with van der Waals surface area (Å²) in [6.45, 7) is 5.11. The molecule has 0 bridgehead atoms. The smallest absolute Gasteiger partial charge is 0.309 e. The molecule has 0 aliphatic carbocycles. The number of carbonyl (C=O) groups excluding carboxylic acids is 1. The number of esters is 1. The van der Waals surface area contributed by atoms with Gasteiger partial charge < -0.3 is 20.3 Å². The molecule has 0 atom stereocenters. The lowest BCUT2D eigenvalue weighted by atomic mass is 9.97. The van der Waals surface area contributed by atoms with Crippen LogP contribution in [0.4, 0.5) is 5.82 Å². The highest BCUT2D eigenvalue weighted by Crippen LogP contribution is 2.22. The van der Waals surface area contributed by atoms with Crippen molar-refractivity contribution in [3.63, 3.8) is 0 Å². The number of hydrogen-bond acceptors (Lipinski definition) is 5. The van der Waals surface area contributed by atoms with Gasteiger partial charge in [-0.3, -0.25) is 9.79 Å². The average molecular weight is 530 g/mol. The molecule has 27 heavy (non-hydrogen) atoms. The largest absolute Gasteiger partial charge is 0.466 e. The van der Waals surface area contributed by atoms with Crippen LogP contribution in [0.15, 0.2) is 17.3 Å². The first-order valence-corrected chi connectivity index (χ1v) is 9.47. The molecule has 2 heterocycles. The first-order chi connectivity index (χ1) is 12.5. The molecule has 7 nitrogen and oxygen atoms in total. The summed E-state index contributed by atoms with van der Waals surface area (Å²) in [7, 11) is 1.75. The molecule has 1 aromatic rings. The quantitative estimate of drug-likeness (QED) is 0.193. The fraction of sp³-hybridized carbons (Fsp3) is 0.588. The van der Waals surface area contributed by atoms with Crippen molar-refractivity contribution in [1.29, 1.82) is 0 Å². The third-order valence-corrected chi connectivity index (χ3v) is 4.63. The zero-order chi connectivity index (χ0) is 18.9. The number of piperidine rings is 1. The van der Waals surface area contributed by atoms with E-state index >= 15 is 0 Å². The van der Waals surface area contributed by atoms with Gasteiger partial charge in [-0.05, 0) is 25.8 Å². The molecule has 1 aliphatic heterocycles. The zero-order valence-electron chi connectivity index (χ0n) is 15.5. The van der Waals surface area contributed by atoms with Crippen molar-refractivity contribution in [3.05, 3.63) is 22.3 Å². The van der Waals surface area contributed by atoms with Crippen LogP contribution in [0.5, 0.6) is 0 Å². The van der Waals surface area contributed by atoms with E-state index in [1.54, 1.807) is 19.3 Å². The zero-order valence-corrected chi connectivity index (χ0v) is 19.3. The van der Waals surface area contributed by atoms with Crippen molar-refractivity contribution in [3.8, 4) is 0 Å². The highest BCUT2D eigenvalue weighted by atomic mass is 127. The summed E-state index contributed by atoms with van der Waals surface area (Å²) in [5.74, 6) is 1.32. The van der Waals surface area contributed by atoms with Gasteiger partial charge in [-0.2, -0.15) is 0 Å². The molecule has 1 aromatic heterocycles. The van der Waals surface area contributed by atoms with Gasteiger partial charge in [0, 0.05) is 39.4 Å². The van der Waals surface area contributed by atoms with Crippen LogP contribution in [-0.4, -0.2) is 61.6 Å². The van der Waals surface area contributed by atoms with Crippen molar-refractivity contribution in [2.75, 3.05) is 45.2 Å². The Bertz CT molecular complexity index is 640. The van der Waals surface area contributed by atoms with E-state index in [0.717, 1.165) is 31.9 Å². The van der Waals surface area contributed by atoms with Gasteiger partial charge >= 0.3 is 5.97 Å². The summed E-state index contributed by atoms with van der Waals surface area (Å²) in [6.07, 6.45) is 3.11. The second-order valence-electron chi connectivity index (χ2n) is 5.90. The van der Waals surface area contributed by atoms with Gasteiger partial charge in [-0.25, -0.2) is 4.98 Å². The SMILES string of the molecule is CCOC(=O)C1CCN(C(=NC)NCCNc2ncc(Cl)cc2Cl)CC1.I. The number of ether oxygens (including phenoxy) is 1. The summed E-state index contributed by atoms with van der Waals surface area (Å²) in [5, 5.41) is 7.46. The first kappa shape index (κ1) is 24.0. The fourth-order valence-corrected chi connectivity index (χ4v) is 3.27.